The van der Waals surface area contributed by atoms with E-state index < -0.39 is 0 Å². The molecular weight excluding hydrogens is 216 g/mol. The summed E-state index contributed by atoms with van der Waals surface area (Å²) >= 11 is 0. The van der Waals surface area contributed by atoms with Crippen LogP contribution >= 0.6 is 0 Å². The van der Waals surface area contributed by atoms with Crippen molar-refractivity contribution in [2.45, 2.75) is 19.4 Å². The van der Waals surface area contributed by atoms with Crippen molar-refractivity contribution in [3.63, 3.8) is 0 Å². The van der Waals surface area contributed by atoms with Gasteiger partial charge in [-0.25, -0.2) is 0 Å². The van der Waals surface area contributed by atoms with Gasteiger partial charge in [-0.2, -0.15) is 0 Å². The molecule has 4 nitrogen and oxygen atoms in total. The van der Waals surface area contributed by atoms with Crippen molar-refractivity contribution in [1.29, 1.82) is 0 Å². The Morgan fingerprint density at radius 1 is 1.18 bits per heavy atom. The van der Waals surface area contributed by atoms with Crippen LogP contribution in [0.4, 0.5) is 0 Å². The van der Waals surface area contributed by atoms with E-state index in [1.54, 1.807) is 12.1 Å². The third-order valence-corrected chi connectivity index (χ3v) is 3.19. The van der Waals surface area contributed by atoms with Crippen LogP contribution in [0.5, 0.6) is 11.5 Å². The van der Waals surface area contributed by atoms with Crippen LogP contribution in [-0.4, -0.2) is 41.3 Å². The number of phenols is 2. The predicted molar refractivity (Wildman–Crippen MR) is 67.2 cm³/mol. The van der Waals surface area contributed by atoms with Crippen LogP contribution in [0.1, 0.15) is 18.4 Å². The number of likely N-dealkylation sites (tertiary alicyclic amines) is 1. The summed E-state index contributed by atoms with van der Waals surface area (Å²) in [6.07, 6.45) is 2.64. The lowest BCUT2D eigenvalue weighted by molar-refractivity contribution is 0.335. The highest BCUT2D eigenvalue weighted by molar-refractivity contribution is 5.38. The van der Waals surface area contributed by atoms with Crippen LogP contribution in [0, 0.1) is 0 Å². The maximum Gasteiger partial charge on any atom is 0.123 e. The summed E-state index contributed by atoms with van der Waals surface area (Å²) in [6, 6.07) is 4.71. The van der Waals surface area contributed by atoms with Gasteiger partial charge < -0.3 is 20.4 Å². The maximum absolute atomic E-state index is 9.59. The Morgan fingerprint density at radius 3 is 2.65 bits per heavy atom. The van der Waals surface area contributed by atoms with Gasteiger partial charge in [0, 0.05) is 31.3 Å². The van der Waals surface area contributed by atoms with Gasteiger partial charge in [0.1, 0.15) is 11.5 Å². The van der Waals surface area contributed by atoms with E-state index in [0.29, 0.717) is 6.54 Å². The molecule has 0 aliphatic carbocycles. The first kappa shape index (κ1) is 12.2. The lowest BCUT2D eigenvalue weighted by Gasteiger charge is -2.15. The highest BCUT2D eigenvalue weighted by Gasteiger charge is 2.10. The lowest BCUT2D eigenvalue weighted by atomic mass is 10.2. The van der Waals surface area contributed by atoms with Gasteiger partial charge in [-0.3, -0.25) is 0 Å². The third kappa shape index (κ3) is 3.61. The Balaban J connectivity index is 1.70. The summed E-state index contributed by atoms with van der Waals surface area (Å²) in [5.41, 5.74) is 0.823. The SMILES string of the molecule is Oc1ccc(CNCCN2CCCC2)c(O)c1. The second-order valence-electron chi connectivity index (χ2n) is 4.54. The number of rotatable bonds is 5. The first-order valence-electron chi connectivity index (χ1n) is 6.19. The number of phenolic OH excluding ortho intramolecular Hbond substituents is 2. The predicted octanol–water partition coefficient (Wildman–Crippen LogP) is 1.28. The molecule has 94 valence electrons. The molecule has 0 radical (unpaired) electrons. The normalized spacial score (nSPS) is 16.5. The summed E-state index contributed by atoms with van der Waals surface area (Å²) in [7, 11) is 0. The summed E-state index contributed by atoms with van der Waals surface area (Å²) in [5, 5.41) is 22.1. The molecule has 0 unspecified atom stereocenters. The van der Waals surface area contributed by atoms with Gasteiger partial charge >= 0.3 is 0 Å². The van der Waals surface area contributed by atoms with Gasteiger partial charge in [0.15, 0.2) is 0 Å². The summed E-state index contributed by atoms with van der Waals surface area (Å²) in [5.74, 6) is 0.252. The Hall–Kier alpha value is -1.26. The number of nitrogens with zero attached hydrogens (tertiary/aromatic N) is 1. The van der Waals surface area contributed by atoms with Crippen molar-refractivity contribution >= 4 is 0 Å². The van der Waals surface area contributed by atoms with Crippen molar-refractivity contribution < 1.29 is 10.2 Å². The molecule has 0 spiro atoms. The van der Waals surface area contributed by atoms with Gasteiger partial charge in [-0.05, 0) is 32.0 Å². The molecule has 1 fully saturated rings. The molecule has 17 heavy (non-hydrogen) atoms. The zero-order valence-electron chi connectivity index (χ0n) is 10.0. The molecule has 1 aromatic carbocycles. The summed E-state index contributed by atoms with van der Waals surface area (Å²) < 4.78 is 0. The van der Waals surface area contributed by atoms with Crippen molar-refractivity contribution in [3.05, 3.63) is 23.8 Å². The minimum Gasteiger partial charge on any atom is -0.508 e. The topological polar surface area (TPSA) is 55.7 Å². The zero-order chi connectivity index (χ0) is 12.1. The Morgan fingerprint density at radius 2 is 1.94 bits per heavy atom. The molecule has 0 amide bonds. The molecule has 1 saturated heterocycles. The Labute approximate surface area is 102 Å². The minimum atomic E-state index is 0.100. The number of hydrogen-bond acceptors (Lipinski definition) is 4. The van der Waals surface area contributed by atoms with Crippen molar-refractivity contribution in [2.24, 2.45) is 0 Å². The summed E-state index contributed by atoms with van der Waals surface area (Å²) in [4.78, 5) is 2.45. The van der Waals surface area contributed by atoms with Crippen LogP contribution in [0.3, 0.4) is 0 Å². The number of hydrogen-bond donors (Lipinski definition) is 3. The van der Waals surface area contributed by atoms with E-state index in [0.717, 1.165) is 18.7 Å². The molecule has 3 N–H and O–H groups in total. The van der Waals surface area contributed by atoms with Crippen LogP contribution in [0.15, 0.2) is 18.2 Å². The third-order valence-electron chi connectivity index (χ3n) is 3.19. The largest absolute Gasteiger partial charge is 0.508 e. The fourth-order valence-corrected chi connectivity index (χ4v) is 2.17. The van der Waals surface area contributed by atoms with E-state index in [4.69, 9.17) is 5.11 Å². The second-order valence-corrected chi connectivity index (χ2v) is 4.54. The molecule has 1 aliphatic heterocycles. The van der Waals surface area contributed by atoms with Crippen molar-refractivity contribution in [3.8, 4) is 11.5 Å². The first-order valence-corrected chi connectivity index (χ1v) is 6.19. The molecule has 1 heterocycles. The highest BCUT2D eigenvalue weighted by Crippen LogP contribution is 2.22. The number of aromatic hydroxyl groups is 2. The standard InChI is InChI=1S/C13H20N2O2/c16-12-4-3-11(13(17)9-12)10-14-5-8-15-6-1-2-7-15/h3-4,9,14,16-17H,1-2,5-8,10H2. The Bertz CT molecular complexity index is 362. The quantitative estimate of drug-likeness (QED) is 0.674. The van der Waals surface area contributed by atoms with Crippen LogP contribution in [-0.2, 0) is 6.54 Å². The number of benzene rings is 1. The van der Waals surface area contributed by atoms with Gasteiger partial charge in [-0.1, -0.05) is 6.07 Å². The van der Waals surface area contributed by atoms with E-state index in [2.05, 4.69) is 10.2 Å². The van der Waals surface area contributed by atoms with Crippen LogP contribution in [0.2, 0.25) is 0 Å². The molecule has 0 bridgehead atoms. The number of nitrogens with one attached hydrogen (secondary N) is 1. The summed E-state index contributed by atoms with van der Waals surface area (Å²) in [6.45, 7) is 5.07. The van der Waals surface area contributed by atoms with Gasteiger partial charge in [0.05, 0.1) is 0 Å². The average Bonchev–Trinajstić information content (AvgIpc) is 2.79. The molecule has 0 atom stereocenters. The molecule has 0 aromatic heterocycles. The van der Waals surface area contributed by atoms with Crippen LogP contribution in [0.25, 0.3) is 0 Å². The highest BCUT2D eigenvalue weighted by atomic mass is 16.3. The van der Waals surface area contributed by atoms with E-state index in [-0.39, 0.29) is 11.5 Å². The van der Waals surface area contributed by atoms with E-state index >= 15 is 0 Å². The fourth-order valence-electron chi connectivity index (χ4n) is 2.17. The molecule has 2 rings (SSSR count). The minimum absolute atomic E-state index is 0.100. The lowest BCUT2D eigenvalue weighted by Crippen LogP contribution is -2.29. The average molecular weight is 236 g/mol. The smallest absolute Gasteiger partial charge is 0.123 e. The molecule has 4 heteroatoms. The van der Waals surface area contributed by atoms with Crippen molar-refractivity contribution in [2.75, 3.05) is 26.2 Å². The van der Waals surface area contributed by atoms with Crippen LogP contribution < -0.4 is 5.32 Å². The van der Waals surface area contributed by atoms with Crippen molar-refractivity contribution in [1.82, 2.24) is 10.2 Å². The van der Waals surface area contributed by atoms with Gasteiger partial charge in [0.2, 0.25) is 0 Å². The molecular formula is C13H20N2O2. The van der Waals surface area contributed by atoms with E-state index in [9.17, 15) is 5.11 Å². The first-order chi connectivity index (χ1) is 8.25. The van der Waals surface area contributed by atoms with Gasteiger partial charge in [0.25, 0.3) is 0 Å². The second kappa shape index (κ2) is 5.89. The maximum atomic E-state index is 9.59. The Kier molecular flexibility index (Phi) is 4.23. The fraction of sp³-hybridized carbons (Fsp3) is 0.538. The molecule has 1 aliphatic rings. The van der Waals surface area contributed by atoms with E-state index in [1.807, 2.05) is 0 Å². The monoisotopic (exact) mass is 236 g/mol. The molecule has 0 saturated carbocycles. The molecule has 1 aromatic rings. The van der Waals surface area contributed by atoms with Gasteiger partial charge in [-0.15, -0.1) is 0 Å². The zero-order valence-corrected chi connectivity index (χ0v) is 10.0. The van der Waals surface area contributed by atoms with E-state index in [1.165, 1.54) is 32.0 Å².